The summed E-state index contributed by atoms with van der Waals surface area (Å²) in [5.74, 6) is -0.133. The summed E-state index contributed by atoms with van der Waals surface area (Å²) in [7, 11) is 2.11. The number of nitrogen functional groups attached to an aromatic ring is 1. The van der Waals surface area contributed by atoms with E-state index < -0.39 is 0 Å². The van der Waals surface area contributed by atoms with E-state index in [1.54, 1.807) is 12.3 Å². The molecule has 18 heavy (non-hydrogen) atoms. The Morgan fingerprint density at radius 2 is 2.39 bits per heavy atom. The highest BCUT2D eigenvalue weighted by Gasteiger charge is 2.29. The Balaban J connectivity index is 1.86. The third-order valence-corrected chi connectivity index (χ3v) is 3.47. The van der Waals surface area contributed by atoms with E-state index in [4.69, 9.17) is 5.73 Å². The molecule has 3 N–H and O–H groups in total. The summed E-state index contributed by atoms with van der Waals surface area (Å²) in [6, 6.07) is 2.67. The second-order valence-corrected chi connectivity index (χ2v) is 4.92. The summed E-state index contributed by atoms with van der Waals surface area (Å²) in [6.07, 6.45) is 5.61. The van der Waals surface area contributed by atoms with Gasteiger partial charge in [-0.2, -0.15) is 0 Å². The molecule has 0 aliphatic heterocycles. The predicted molar refractivity (Wildman–Crippen MR) is 71.2 cm³/mol. The number of carbonyl (C=O) groups is 1. The summed E-state index contributed by atoms with van der Waals surface area (Å²) in [5, 5.41) is 2.91. The lowest BCUT2D eigenvalue weighted by atomic mass is 10.2. The van der Waals surface area contributed by atoms with Crippen molar-refractivity contribution in [2.75, 3.05) is 19.3 Å². The number of nitrogens with zero attached hydrogens (tertiary/aromatic N) is 2. The number of pyridine rings is 1. The predicted octanol–water partition coefficient (Wildman–Crippen LogP) is 0.876. The third-order valence-electron chi connectivity index (χ3n) is 3.47. The molecule has 0 bridgehead atoms. The molecule has 1 fully saturated rings. The molecule has 0 radical (unpaired) electrons. The van der Waals surface area contributed by atoms with E-state index in [1.807, 2.05) is 0 Å². The van der Waals surface area contributed by atoms with Crippen molar-refractivity contribution in [1.82, 2.24) is 15.2 Å². The molecular formula is C13H20N4O. The Morgan fingerprint density at radius 1 is 1.67 bits per heavy atom. The van der Waals surface area contributed by atoms with Crippen molar-refractivity contribution in [1.29, 1.82) is 0 Å². The fourth-order valence-corrected chi connectivity index (χ4v) is 1.93. The van der Waals surface area contributed by atoms with Crippen LogP contribution in [0.25, 0.3) is 0 Å². The minimum atomic E-state index is -0.133. The second-order valence-electron chi connectivity index (χ2n) is 4.92. The molecule has 2 rings (SSSR count). The van der Waals surface area contributed by atoms with Crippen molar-refractivity contribution >= 4 is 11.6 Å². The Hall–Kier alpha value is -1.62. The zero-order chi connectivity index (χ0) is 13.1. The molecule has 1 unspecified atom stereocenters. The molecule has 0 spiro atoms. The number of amides is 1. The SMILES string of the molecule is CC(CNC(=O)c1ccncc1N)N(C)C1CC1. The van der Waals surface area contributed by atoms with Crippen molar-refractivity contribution in [2.24, 2.45) is 0 Å². The normalized spacial score (nSPS) is 16.6. The smallest absolute Gasteiger partial charge is 0.253 e. The topological polar surface area (TPSA) is 71.2 Å². The Labute approximate surface area is 107 Å². The number of carbonyl (C=O) groups excluding carboxylic acids is 1. The maximum atomic E-state index is 11.9. The largest absolute Gasteiger partial charge is 0.397 e. The number of likely N-dealkylation sites (N-methyl/N-ethyl adjacent to an activating group) is 1. The van der Waals surface area contributed by atoms with Crippen molar-refractivity contribution in [3.63, 3.8) is 0 Å². The fourth-order valence-electron chi connectivity index (χ4n) is 1.93. The molecular weight excluding hydrogens is 228 g/mol. The number of nitrogens with two attached hydrogens (primary N) is 1. The van der Waals surface area contributed by atoms with Crippen LogP contribution in [0.1, 0.15) is 30.1 Å². The number of rotatable bonds is 5. The van der Waals surface area contributed by atoms with Gasteiger partial charge in [-0.3, -0.25) is 14.7 Å². The van der Waals surface area contributed by atoms with Gasteiger partial charge in [-0.25, -0.2) is 0 Å². The molecule has 1 heterocycles. The molecule has 1 atom stereocenters. The average Bonchev–Trinajstić information content (AvgIpc) is 3.19. The Bertz CT molecular complexity index is 431. The summed E-state index contributed by atoms with van der Waals surface area (Å²) in [6.45, 7) is 2.75. The number of aromatic nitrogens is 1. The van der Waals surface area contributed by atoms with Gasteiger partial charge in [0.15, 0.2) is 0 Å². The highest BCUT2D eigenvalue weighted by molar-refractivity contribution is 5.98. The quantitative estimate of drug-likeness (QED) is 0.811. The van der Waals surface area contributed by atoms with Crippen LogP contribution < -0.4 is 11.1 Å². The van der Waals surface area contributed by atoms with Crippen LogP contribution in [0, 0.1) is 0 Å². The summed E-state index contributed by atoms with van der Waals surface area (Å²) >= 11 is 0. The van der Waals surface area contributed by atoms with Gasteiger partial charge in [-0.15, -0.1) is 0 Å². The van der Waals surface area contributed by atoms with Crippen LogP contribution >= 0.6 is 0 Å². The van der Waals surface area contributed by atoms with Crippen molar-refractivity contribution < 1.29 is 4.79 Å². The van der Waals surface area contributed by atoms with Crippen molar-refractivity contribution in [3.05, 3.63) is 24.0 Å². The molecule has 5 nitrogen and oxygen atoms in total. The first-order valence-electron chi connectivity index (χ1n) is 6.29. The molecule has 1 aromatic heterocycles. The van der Waals surface area contributed by atoms with Gasteiger partial charge in [-0.05, 0) is 32.9 Å². The fraction of sp³-hybridized carbons (Fsp3) is 0.538. The maximum Gasteiger partial charge on any atom is 0.253 e. The highest BCUT2D eigenvalue weighted by atomic mass is 16.1. The van der Waals surface area contributed by atoms with Gasteiger partial charge in [0, 0.05) is 24.8 Å². The molecule has 1 amide bonds. The van der Waals surface area contributed by atoms with Crippen LogP contribution in [-0.4, -0.2) is 41.5 Å². The minimum absolute atomic E-state index is 0.133. The summed E-state index contributed by atoms with van der Waals surface area (Å²) in [4.78, 5) is 18.1. The third kappa shape index (κ3) is 2.98. The van der Waals surface area contributed by atoms with Crippen LogP contribution in [0.15, 0.2) is 18.5 Å². The molecule has 1 aliphatic rings. The minimum Gasteiger partial charge on any atom is -0.397 e. The second kappa shape index (κ2) is 5.35. The lowest BCUT2D eigenvalue weighted by Gasteiger charge is -2.24. The van der Waals surface area contributed by atoms with Gasteiger partial charge >= 0.3 is 0 Å². The van der Waals surface area contributed by atoms with E-state index in [-0.39, 0.29) is 5.91 Å². The first kappa shape index (κ1) is 12.8. The number of hydrogen-bond donors (Lipinski definition) is 2. The number of anilines is 1. The highest BCUT2D eigenvalue weighted by Crippen LogP contribution is 2.26. The maximum absolute atomic E-state index is 11.9. The van der Waals surface area contributed by atoms with E-state index in [0.29, 0.717) is 29.9 Å². The van der Waals surface area contributed by atoms with Gasteiger partial charge in [0.25, 0.3) is 5.91 Å². The van der Waals surface area contributed by atoms with Crippen molar-refractivity contribution in [2.45, 2.75) is 31.8 Å². The first-order valence-corrected chi connectivity index (χ1v) is 6.29. The van der Waals surface area contributed by atoms with E-state index >= 15 is 0 Å². The van der Waals surface area contributed by atoms with Gasteiger partial charge in [0.2, 0.25) is 0 Å². The van der Waals surface area contributed by atoms with Gasteiger partial charge < -0.3 is 11.1 Å². The van der Waals surface area contributed by atoms with Crippen LogP contribution in [0.4, 0.5) is 5.69 Å². The lowest BCUT2D eigenvalue weighted by molar-refractivity contribution is 0.0940. The van der Waals surface area contributed by atoms with Crippen LogP contribution in [0.2, 0.25) is 0 Å². The van der Waals surface area contributed by atoms with Gasteiger partial charge in [0.1, 0.15) is 0 Å². The Morgan fingerprint density at radius 3 is 3.00 bits per heavy atom. The molecule has 1 aromatic rings. The van der Waals surface area contributed by atoms with E-state index in [1.165, 1.54) is 19.0 Å². The molecule has 1 saturated carbocycles. The van der Waals surface area contributed by atoms with E-state index in [0.717, 1.165) is 0 Å². The molecule has 0 aromatic carbocycles. The zero-order valence-electron chi connectivity index (χ0n) is 10.9. The molecule has 1 aliphatic carbocycles. The summed E-state index contributed by atoms with van der Waals surface area (Å²) < 4.78 is 0. The first-order chi connectivity index (χ1) is 8.59. The zero-order valence-corrected chi connectivity index (χ0v) is 10.9. The number of nitrogens with one attached hydrogen (secondary N) is 1. The average molecular weight is 248 g/mol. The molecule has 98 valence electrons. The van der Waals surface area contributed by atoms with E-state index in [9.17, 15) is 4.79 Å². The monoisotopic (exact) mass is 248 g/mol. The van der Waals surface area contributed by atoms with Crippen LogP contribution in [0.5, 0.6) is 0 Å². The standard InChI is InChI=1S/C13H20N4O/c1-9(17(2)10-3-4-10)7-16-13(18)11-5-6-15-8-12(11)14/h5-6,8-10H,3-4,7,14H2,1-2H3,(H,16,18). The lowest BCUT2D eigenvalue weighted by Crippen LogP contribution is -2.41. The van der Waals surface area contributed by atoms with Crippen LogP contribution in [-0.2, 0) is 0 Å². The summed E-state index contributed by atoms with van der Waals surface area (Å²) in [5.41, 5.74) is 6.62. The molecule has 0 saturated heterocycles. The van der Waals surface area contributed by atoms with Crippen LogP contribution in [0.3, 0.4) is 0 Å². The van der Waals surface area contributed by atoms with E-state index in [2.05, 4.69) is 29.2 Å². The molecule has 5 heteroatoms. The van der Waals surface area contributed by atoms with Crippen molar-refractivity contribution in [3.8, 4) is 0 Å². The van der Waals surface area contributed by atoms with Gasteiger partial charge in [-0.1, -0.05) is 0 Å². The van der Waals surface area contributed by atoms with Gasteiger partial charge in [0.05, 0.1) is 17.4 Å². The Kier molecular flexibility index (Phi) is 3.81. The number of hydrogen-bond acceptors (Lipinski definition) is 4.